The van der Waals surface area contributed by atoms with Crippen LogP contribution in [0.5, 0.6) is 0 Å². The second-order valence-electron chi connectivity index (χ2n) is 3.08. The fourth-order valence-electron chi connectivity index (χ4n) is 1.09. The molecule has 0 unspecified atom stereocenters. The van der Waals surface area contributed by atoms with E-state index in [0.717, 1.165) is 0 Å². The molecule has 84 valence electrons. The minimum atomic E-state index is 0.213. The zero-order chi connectivity index (χ0) is 11.9. The average molecular weight is 226 g/mol. The summed E-state index contributed by atoms with van der Waals surface area (Å²) in [5, 5.41) is 7.64. The van der Waals surface area contributed by atoms with Crippen molar-refractivity contribution < 1.29 is 0 Å². The molecular weight excluding hydrogens is 216 g/mol. The number of nitrogens with zero attached hydrogens (tertiary/aromatic N) is 5. The van der Waals surface area contributed by atoms with Gasteiger partial charge in [0.2, 0.25) is 0 Å². The smallest absolute Gasteiger partial charge is 0.173 e. The van der Waals surface area contributed by atoms with Crippen molar-refractivity contribution in [3.63, 3.8) is 0 Å². The maximum atomic E-state index is 5.67. The van der Waals surface area contributed by atoms with Gasteiger partial charge in [-0.15, -0.1) is 5.10 Å². The number of hydrogen-bond acceptors (Lipinski definition) is 5. The van der Waals surface area contributed by atoms with Crippen LogP contribution in [0.15, 0.2) is 53.2 Å². The van der Waals surface area contributed by atoms with Crippen molar-refractivity contribution in [3.8, 4) is 0 Å². The van der Waals surface area contributed by atoms with Gasteiger partial charge in [-0.3, -0.25) is 9.97 Å². The number of amidine groups is 1. The number of aromatic nitrogens is 3. The standard InChI is InChI=1S/C11H10N6/c12-11(10-8-13-5-6-15-10)17-16-7-9-3-1-2-4-14-9/h1-8H,(H2,12,17)/b16-7+. The number of rotatable bonds is 3. The summed E-state index contributed by atoms with van der Waals surface area (Å²) in [5.74, 6) is 0.213. The fraction of sp³-hybridized carbons (Fsp3) is 0. The first-order chi connectivity index (χ1) is 8.36. The van der Waals surface area contributed by atoms with Crippen molar-refractivity contribution in [1.29, 1.82) is 0 Å². The summed E-state index contributed by atoms with van der Waals surface area (Å²) in [6.45, 7) is 0. The van der Waals surface area contributed by atoms with E-state index >= 15 is 0 Å². The van der Waals surface area contributed by atoms with E-state index in [1.54, 1.807) is 18.6 Å². The van der Waals surface area contributed by atoms with E-state index in [1.807, 2.05) is 18.2 Å². The lowest BCUT2D eigenvalue weighted by atomic mass is 10.4. The third-order valence-corrected chi connectivity index (χ3v) is 1.87. The van der Waals surface area contributed by atoms with Crippen LogP contribution in [0.2, 0.25) is 0 Å². The van der Waals surface area contributed by atoms with Crippen molar-refractivity contribution in [1.82, 2.24) is 15.0 Å². The van der Waals surface area contributed by atoms with Crippen LogP contribution in [0.3, 0.4) is 0 Å². The Kier molecular flexibility index (Phi) is 3.49. The van der Waals surface area contributed by atoms with E-state index in [2.05, 4.69) is 25.2 Å². The lowest BCUT2D eigenvalue weighted by molar-refractivity contribution is 1.14. The molecule has 0 bridgehead atoms. The van der Waals surface area contributed by atoms with Crippen LogP contribution in [0.1, 0.15) is 11.4 Å². The zero-order valence-electron chi connectivity index (χ0n) is 8.93. The Labute approximate surface area is 98.0 Å². The molecule has 0 saturated carbocycles. The molecule has 6 nitrogen and oxygen atoms in total. The molecule has 2 N–H and O–H groups in total. The molecule has 0 spiro atoms. The first-order valence-electron chi connectivity index (χ1n) is 4.90. The fourth-order valence-corrected chi connectivity index (χ4v) is 1.09. The SMILES string of the molecule is N/C(=N\N=C\c1ccccn1)c1cnccn1. The highest BCUT2D eigenvalue weighted by Gasteiger charge is 1.97. The van der Waals surface area contributed by atoms with Gasteiger partial charge >= 0.3 is 0 Å². The highest BCUT2D eigenvalue weighted by atomic mass is 15.2. The lowest BCUT2D eigenvalue weighted by Gasteiger charge is -1.94. The molecule has 17 heavy (non-hydrogen) atoms. The molecule has 0 fully saturated rings. The van der Waals surface area contributed by atoms with E-state index < -0.39 is 0 Å². The summed E-state index contributed by atoms with van der Waals surface area (Å²) in [6, 6.07) is 5.51. The molecule has 0 saturated heterocycles. The predicted molar refractivity (Wildman–Crippen MR) is 64.6 cm³/mol. The highest BCUT2D eigenvalue weighted by molar-refractivity contribution is 5.95. The molecule has 6 heteroatoms. The average Bonchev–Trinajstić information content (AvgIpc) is 2.41. The highest BCUT2D eigenvalue weighted by Crippen LogP contribution is 1.92. The summed E-state index contributed by atoms with van der Waals surface area (Å²) < 4.78 is 0. The van der Waals surface area contributed by atoms with Gasteiger partial charge < -0.3 is 5.73 Å². The van der Waals surface area contributed by atoms with Crippen molar-refractivity contribution in [3.05, 3.63) is 54.4 Å². The van der Waals surface area contributed by atoms with Gasteiger partial charge in [0, 0.05) is 18.6 Å². The zero-order valence-corrected chi connectivity index (χ0v) is 8.93. The maximum absolute atomic E-state index is 5.67. The predicted octanol–water partition coefficient (Wildman–Crippen LogP) is 0.611. The van der Waals surface area contributed by atoms with Gasteiger partial charge in [-0.2, -0.15) is 5.10 Å². The summed E-state index contributed by atoms with van der Waals surface area (Å²) in [6.07, 6.45) is 7.82. The van der Waals surface area contributed by atoms with Gasteiger partial charge in [0.15, 0.2) is 5.84 Å². The summed E-state index contributed by atoms with van der Waals surface area (Å²) >= 11 is 0. The van der Waals surface area contributed by atoms with Crippen LogP contribution in [0.25, 0.3) is 0 Å². The summed E-state index contributed by atoms with van der Waals surface area (Å²) in [5.41, 5.74) is 6.88. The summed E-state index contributed by atoms with van der Waals surface area (Å²) in [4.78, 5) is 11.9. The first-order valence-corrected chi connectivity index (χ1v) is 4.90. The number of nitrogens with two attached hydrogens (primary N) is 1. The second kappa shape index (κ2) is 5.45. The Morgan fingerprint density at radius 2 is 2.12 bits per heavy atom. The Balaban J connectivity index is 2.09. The maximum Gasteiger partial charge on any atom is 0.173 e. The largest absolute Gasteiger partial charge is 0.380 e. The summed E-state index contributed by atoms with van der Waals surface area (Å²) in [7, 11) is 0. The van der Waals surface area contributed by atoms with Crippen LogP contribution < -0.4 is 5.73 Å². The molecular formula is C11H10N6. The van der Waals surface area contributed by atoms with Crippen LogP contribution in [-0.2, 0) is 0 Å². The van der Waals surface area contributed by atoms with Gasteiger partial charge in [0.05, 0.1) is 18.1 Å². The molecule has 0 amide bonds. The van der Waals surface area contributed by atoms with Crippen molar-refractivity contribution in [2.45, 2.75) is 0 Å². The molecule has 0 aliphatic heterocycles. The van der Waals surface area contributed by atoms with E-state index in [-0.39, 0.29) is 5.84 Å². The molecule has 0 aliphatic rings. The topological polar surface area (TPSA) is 89.4 Å². The Bertz CT molecular complexity index is 520. The van der Waals surface area contributed by atoms with Crippen LogP contribution >= 0.6 is 0 Å². The molecule has 0 aromatic carbocycles. The Morgan fingerprint density at radius 1 is 1.18 bits per heavy atom. The van der Waals surface area contributed by atoms with Crippen molar-refractivity contribution in [2.75, 3.05) is 0 Å². The quantitative estimate of drug-likeness (QED) is 0.471. The van der Waals surface area contributed by atoms with Gasteiger partial charge in [0.1, 0.15) is 5.69 Å². The molecule has 2 aromatic heterocycles. The lowest BCUT2D eigenvalue weighted by Crippen LogP contribution is -2.14. The van der Waals surface area contributed by atoms with E-state index in [1.165, 1.54) is 12.4 Å². The molecule has 2 rings (SSSR count). The van der Waals surface area contributed by atoms with Gasteiger partial charge in [-0.05, 0) is 12.1 Å². The number of hydrogen-bond donors (Lipinski definition) is 1. The van der Waals surface area contributed by atoms with Crippen LogP contribution in [0, 0.1) is 0 Å². The second-order valence-corrected chi connectivity index (χ2v) is 3.08. The molecule has 2 aromatic rings. The van der Waals surface area contributed by atoms with Gasteiger partial charge in [-0.1, -0.05) is 6.07 Å². The molecule has 0 aliphatic carbocycles. The Hall–Kier alpha value is -2.63. The normalized spacial score (nSPS) is 11.9. The van der Waals surface area contributed by atoms with Crippen LogP contribution in [0.4, 0.5) is 0 Å². The van der Waals surface area contributed by atoms with Crippen LogP contribution in [-0.4, -0.2) is 27.0 Å². The van der Waals surface area contributed by atoms with Gasteiger partial charge in [-0.25, -0.2) is 4.98 Å². The van der Waals surface area contributed by atoms with Gasteiger partial charge in [0.25, 0.3) is 0 Å². The first kappa shape index (κ1) is 10.9. The van der Waals surface area contributed by atoms with E-state index in [9.17, 15) is 0 Å². The third kappa shape index (κ3) is 3.16. The minimum absolute atomic E-state index is 0.213. The Morgan fingerprint density at radius 3 is 2.82 bits per heavy atom. The molecule has 0 radical (unpaired) electrons. The molecule has 2 heterocycles. The minimum Gasteiger partial charge on any atom is -0.380 e. The van der Waals surface area contributed by atoms with Crippen molar-refractivity contribution in [2.24, 2.45) is 15.9 Å². The van der Waals surface area contributed by atoms with Crippen molar-refractivity contribution >= 4 is 12.1 Å². The van der Waals surface area contributed by atoms with E-state index in [0.29, 0.717) is 11.4 Å². The number of pyridine rings is 1. The monoisotopic (exact) mass is 226 g/mol. The van der Waals surface area contributed by atoms with E-state index in [4.69, 9.17) is 5.73 Å². The third-order valence-electron chi connectivity index (χ3n) is 1.87. The molecule has 0 atom stereocenters.